The van der Waals surface area contributed by atoms with E-state index >= 15 is 0 Å². The van der Waals surface area contributed by atoms with E-state index in [1.165, 1.54) is 0 Å². The fourth-order valence-electron chi connectivity index (χ4n) is 0.924. The Morgan fingerprint density at radius 3 is 1.47 bits per heavy atom. The normalized spacial score (nSPS) is 9.93. The second kappa shape index (κ2) is 3.42. The second-order valence-corrected chi connectivity index (χ2v) is 2.50. The van der Waals surface area contributed by atoms with Crippen molar-refractivity contribution in [3.8, 4) is 28.7 Å². The van der Waals surface area contributed by atoms with E-state index in [-0.39, 0.29) is 0 Å². The number of hydrogen-bond donors (Lipinski definition) is 6. The third-order valence-corrected chi connectivity index (χ3v) is 1.66. The number of benzene rings is 1. The molecule has 0 spiro atoms. The Balaban J connectivity index is 3.60. The van der Waals surface area contributed by atoms with Gasteiger partial charge in [0, 0.05) is 0 Å². The fourth-order valence-corrected chi connectivity index (χ4v) is 0.924. The van der Waals surface area contributed by atoms with Crippen molar-refractivity contribution in [2.24, 2.45) is 0 Å². The maximum absolute atomic E-state index is 10.8. The lowest BCUT2D eigenvalue weighted by atomic mass is 10.1. The summed E-state index contributed by atoms with van der Waals surface area (Å²) < 4.78 is 0. The molecule has 0 heterocycles. The number of carbonyl (C=O) groups is 1. The van der Waals surface area contributed by atoms with E-state index in [9.17, 15) is 4.79 Å². The monoisotopic (exact) mass is 218 g/mol. The van der Waals surface area contributed by atoms with Gasteiger partial charge in [-0.25, -0.2) is 4.79 Å². The number of carbonyl (C=O) groups excluding carboxylic acids is 1. The Morgan fingerprint density at radius 1 is 0.800 bits per heavy atom. The van der Waals surface area contributed by atoms with Crippen LogP contribution in [0, 0.1) is 0 Å². The van der Waals surface area contributed by atoms with E-state index in [0.717, 1.165) is 0 Å². The first-order valence-corrected chi connectivity index (χ1v) is 3.46. The van der Waals surface area contributed by atoms with Crippen molar-refractivity contribution >= 4 is 5.97 Å². The summed E-state index contributed by atoms with van der Waals surface area (Å²) in [6.45, 7) is 0. The molecule has 6 N–H and O–H groups in total. The minimum atomic E-state index is -1.62. The summed E-state index contributed by atoms with van der Waals surface area (Å²) in [5, 5.41) is 53.0. The van der Waals surface area contributed by atoms with Crippen LogP contribution in [0.1, 0.15) is 10.4 Å². The fraction of sp³-hybridized carbons (Fsp3) is 0. The molecule has 15 heavy (non-hydrogen) atoms. The summed E-state index contributed by atoms with van der Waals surface area (Å²) in [5.74, 6) is -7.75. The molecule has 0 aromatic heterocycles. The van der Waals surface area contributed by atoms with Gasteiger partial charge in [-0.15, -0.1) is 0 Å². The van der Waals surface area contributed by atoms with Crippen molar-refractivity contribution < 1.29 is 40.5 Å². The zero-order valence-electron chi connectivity index (χ0n) is 7.00. The van der Waals surface area contributed by atoms with E-state index in [1.54, 1.807) is 0 Å². The van der Waals surface area contributed by atoms with Crippen molar-refractivity contribution in [2.45, 2.75) is 0 Å². The van der Waals surface area contributed by atoms with Gasteiger partial charge in [0.1, 0.15) is 0 Å². The van der Waals surface area contributed by atoms with Crippen LogP contribution in [-0.4, -0.2) is 36.8 Å². The standard InChI is InChI=1S/C7H6O8/c8-2-1(7(13)15-14)3(9)5(11)6(12)4(2)10/h8-12,14H. The molecule has 0 amide bonds. The molecule has 0 aliphatic carbocycles. The predicted octanol–water partition coefficient (Wildman–Crippen LogP) is -0.156. The minimum Gasteiger partial charge on any atom is -0.503 e. The van der Waals surface area contributed by atoms with E-state index in [1.807, 2.05) is 0 Å². The van der Waals surface area contributed by atoms with Crippen molar-refractivity contribution in [2.75, 3.05) is 0 Å². The SMILES string of the molecule is O=C(OO)c1c(O)c(O)c(O)c(O)c1O. The lowest BCUT2D eigenvalue weighted by Gasteiger charge is -2.09. The first-order valence-electron chi connectivity index (χ1n) is 3.46. The molecule has 0 saturated carbocycles. The molecule has 82 valence electrons. The lowest BCUT2D eigenvalue weighted by Crippen LogP contribution is -2.02. The number of aromatic hydroxyl groups is 5. The smallest absolute Gasteiger partial charge is 0.380 e. The Hall–Kier alpha value is -2.35. The summed E-state index contributed by atoms with van der Waals surface area (Å²) in [6, 6.07) is 0. The zero-order valence-corrected chi connectivity index (χ0v) is 7.00. The van der Waals surface area contributed by atoms with Crippen LogP contribution < -0.4 is 0 Å². The van der Waals surface area contributed by atoms with Gasteiger partial charge in [0.15, 0.2) is 17.1 Å². The van der Waals surface area contributed by atoms with Gasteiger partial charge < -0.3 is 25.5 Å². The topological polar surface area (TPSA) is 148 Å². The second-order valence-electron chi connectivity index (χ2n) is 2.50. The first-order chi connectivity index (χ1) is 6.91. The Morgan fingerprint density at radius 2 is 1.13 bits per heavy atom. The van der Waals surface area contributed by atoms with Crippen LogP contribution >= 0.6 is 0 Å². The number of phenolic OH excluding ortho intramolecular Hbond substituents is 5. The zero-order chi connectivity index (χ0) is 11.7. The third kappa shape index (κ3) is 1.42. The van der Waals surface area contributed by atoms with Crippen LogP contribution in [0.4, 0.5) is 0 Å². The molecular formula is C7H6O8. The molecule has 8 nitrogen and oxygen atoms in total. The van der Waals surface area contributed by atoms with Crippen molar-refractivity contribution in [3.05, 3.63) is 5.56 Å². The van der Waals surface area contributed by atoms with Crippen LogP contribution in [-0.2, 0) is 4.89 Å². The maximum Gasteiger partial charge on any atom is 0.380 e. The van der Waals surface area contributed by atoms with Gasteiger partial charge in [-0.2, -0.15) is 5.26 Å². The maximum atomic E-state index is 10.8. The molecule has 1 aromatic rings. The molecule has 0 bridgehead atoms. The molecule has 0 unspecified atom stereocenters. The van der Waals surface area contributed by atoms with E-state index in [0.29, 0.717) is 0 Å². The highest BCUT2D eigenvalue weighted by atomic mass is 17.1. The van der Waals surface area contributed by atoms with E-state index < -0.39 is 40.3 Å². The average molecular weight is 218 g/mol. The van der Waals surface area contributed by atoms with Crippen LogP contribution in [0.2, 0.25) is 0 Å². The average Bonchev–Trinajstić information content (AvgIpc) is 2.23. The van der Waals surface area contributed by atoms with Crippen LogP contribution in [0.3, 0.4) is 0 Å². The Kier molecular flexibility index (Phi) is 2.45. The predicted molar refractivity (Wildman–Crippen MR) is 42.8 cm³/mol. The summed E-state index contributed by atoms with van der Waals surface area (Å²) in [6.07, 6.45) is 0. The third-order valence-electron chi connectivity index (χ3n) is 1.66. The molecular weight excluding hydrogens is 212 g/mol. The lowest BCUT2D eigenvalue weighted by molar-refractivity contribution is -0.183. The van der Waals surface area contributed by atoms with Gasteiger partial charge in [0.2, 0.25) is 17.2 Å². The Bertz CT molecular complexity index is 394. The molecule has 1 rings (SSSR count). The molecule has 0 radical (unpaired) electrons. The van der Waals surface area contributed by atoms with Gasteiger partial charge >= 0.3 is 5.97 Å². The minimum absolute atomic E-state index is 1.08. The van der Waals surface area contributed by atoms with Crippen molar-refractivity contribution in [1.82, 2.24) is 0 Å². The quantitative estimate of drug-likeness (QED) is 0.165. The first kappa shape index (κ1) is 10.7. The molecule has 0 saturated heterocycles. The highest BCUT2D eigenvalue weighted by Crippen LogP contribution is 2.50. The number of phenols is 5. The van der Waals surface area contributed by atoms with E-state index in [4.69, 9.17) is 30.8 Å². The summed E-state index contributed by atoms with van der Waals surface area (Å²) in [7, 11) is 0. The summed E-state index contributed by atoms with van der Waals surface area (Å²) >= 11 is 0. The number of hydrogen-bond acceptors (Lipinski definition) is 8. The van der Waals surface area contributed by atoms with Gasteiger partial charge in [0.25, 0.3) is 0 Å². The van der Waals surface area contributed by atoms with Gasteiger partial charge in [-0.3, -0.25) is 4.89 Å². The van der Waals surface area contributed by atoms with Gasteiger partial charge in [0.05, 0.1) is 0 Å². The molecule has 0 fully saturated rings. The Labute approximate surface area is 81.8 Å². The molecule has 0 aliphatic rings. The van der Waals surface area contributed by atoms with Crippen molar-refractivity contribution in [3.63, 3.8) is 0 Å². The van der Waals surface area contributed by atoms with E-state index in [2.05, 4.69) is 4.89 Å². The highest BCUT2D eigenvalue weighted by Gasteiger charge is 2.28. The summed E-state index contributed by atoms with van der Waals surface area (Å²) in [4.78, 5) is 14.0. The van der Waals surface area contributed by atoms with Crippen LogP contribution in [0.5, 0.6) is 28.7 Å². The molecule has 1 aromatic carbocycles. The van der Waals surface area contributed by atoms with Crippen LogP contribution in [0.15, 0.2) is 0 Å². The van der Waals surface area contributed by atoms with Crippen molar-refractivity contribution in [1.29, 1.82) is 0 Å². The summed E-state index contributed by atoms with van der Waals surface area (Å²) in [5.41, 5.74) is -1.08. The van der Waals surface area contributed by atoms with Gasteiger partial charge in [-0.05, 0) is 0 Å². The number of rotatable bonds is 1. The van der Waals surface area contributed by atoms with Crippen LogP contribution in [0.25, 0.3) is 0 Å². The van der Waals surface area contributed by atoms with Gasteiger partial charge in [-0.1, -0.05) is 0 Å². The molecule has 0 atom stereocenters. The molecule has 8 heteroatoms. The largest absolute Gasteiger partial charge is 0.503 e. The highest BCUT2D eigenvalue weighted by molar-refractivity contribution is 5.98. The molecule has 0 aliphatic heterocycles.